The predicted molar refractivity (Wildman–Crippen MR) is 68.4 cm³/mol. The van der Waals surface area contributed by atoms with Crippen molar-refractivity contribution in [3.63, 3.8) is 0 Å². The Labute approximate surface area is 115 Å². The van der Waals surface area contributed by atoms with E-state index in [-0.39, 0.29) is 17.3 Å². The summed E-state index contributed by atoms with van der Waals surface area (Å²) in [5.41, 5.74) is 2.62. The lowest BCUT2D eigenvalue weighted by molar-refractivity contribution is 0.0563. The van der Waals surface area contributed by atoms with Crippen LogP contribution in [-0.4, -0.2) is 18.9 Å². The van der Waals surface area contributed by atoms with E-state index < -0.39 is 5.97 Å². The van der Waals surface area contributed by atoms with E-state index in [1.54, 1.807) is 12.1 Å². The summed E-state index contributed by atoms with van der Waals surface area (Å²) in [5.74, 6) is -0.745. The van der Waals surface area contributed by atoms with Crippen molar-refractivity contribution in [2.24, 2.45) is 0 Å². The maximum Gasteiger partial charge on any atom is 0.373 e. The molecule has 0 fully saturated rings. The Morgan fingerprint density at radius 2 is 1.80 bits per heavy atom. The highest BCUT2D eigenvalue weighted by Crippen LogP contribution is 2.23. The first-order chi connectivity index (χ1) is 9.69. The van der Waals surface area contributed by atoms with E-state index in [4.69, 9.17) is 9.15 Å². The van der Waals surface area contributed by atoms with Crippen LogP contribution in [0.5, 0.6) is 0 Å². The first-order valence-corrected chi connectivity index (χ1v) is 6.11. The van der Waals surface area contributed by atoms with E-state index in [9.17, 15) is 9.59 Å². The van der Waals surface area contributed by atoms with Crippen molar-refractivity contribution in [2.45, 2.75) is 13.2 Å². The van der Waals surface area contributed by atoms with Crippen LogP contribution in [0, 0.1) is 0 Å². The molecule has 1 aromatic heterocycles. The molecule has 0 saturated carbocycles. The monoisotopic (exact) mass is 272 g/mol. The summed E-state index contributed by atoms with van der Waals surface area (Å²) in [6, 6.07) is 8.30. The molecule has 1 aliphatic rings. The molecule has 1 aliphatic heterocycles. The van der Waals surface area contributed by atoms with Gasteiger partial charge in [0, 0.05) is 5.56 Å². The lowest BCUT2D eigenvalue weighted by Gasteiger charge is -2.01. The third-order valence-electron chi connectivity index (χ3n) is 3.20. The van der Waals surface area contributed by atoms with Gasteiger partial charge in [-0.1, -0.05) is 12.1 Å². The number of hydrogen-bond acceptors (Lipinski definition) is 5. The average molecular weight is 272 g/mol. The van der Waals surface area contributed by atoms with E-state index in [0.29, 0.717) is 18.8 Å². The second-order valence-electron chi connectivity index (χ2n) is 4.46. The van der Waals surface area contributed by atoms with E-state index >= 15 is 0 Å². The molecule has 2 heterocycles. The van der Waals surface area contributed by atoms with Gasteiger partial charge in [-0.25, -0.2) is 4.79 Å². The Morgan fingerprint density at radius 1 is 1.05 bits per heavy atom. The molecule has 1 aromatic carbocycles. The van der Waals surface area contributed by atoms with Crippen LogP contribution in [0.2, 0.25) is 0 Å². The van der Waals surface area contributed by atoms with Gasteiger partial charge in [0.2, 0.25) is 11.5 Å². The van der Waals surface area contributed by atoms with Crippen molar-refractivity contribution in [3.8, 4) is 0 Å². The Morgan fingerprint density at radius 3 is 2.60 bits per heavy atom. The fourth-order valence-electron chi connectivity index (χ4n) is 2.13. The summed E-state index contributed by atoms with van der Waals surface area (Å²) in [6.45, 7) is 1.10. The number of furan rings is 1. The van der Waals surface area contributed by atoms with Gasteiger partial charge in [0.05, 0.1) is 20.3 Å². The molecule has 0 unspecified atom stereocenters. The maximum absolute atomic E-state index is 12.3. The second-order valence-corrected chi connectivity index (χ2v) is 4.46. The average Bonchev–Trinajstić information content (AvgIpc) is 3.13. The number of fused-ring (bicyclic) bond motifs is 1. The van der Waals surface area contributed by atoms with Gasteiger partial charge in [-0.3, -0.25) is 4.79 Å². The smallest absolute Gasteiger partial charge is 0.373 e. The molecule has 20 heavy (non-hydrogen) atoms. The van der Waals surface area contributed by atoms with Crippen LogP contribution in [0.1, 0.15) is 37.8 Å². The van der Waals surface area contributed by atoms with Gasteiger partial charge >= 0.3 is 5.97 Å². The molecule has 5 heteroatoms. The van der Waals surface area contributed by atoms with Crippen molar-refractivity contribution in [2.75, 3.05) is 7.11 Å². The highest BCUT2D eigenvalue weighted by molar-refractivity contribution is 6.07. The van der Waals surface area contributed by atoms with Gasteiger partial charge in [-0.05, 0) is 29.3 Å². The fraction of sp³-hybridized carbons (Fsp3) is 0.200. The third kappa shape index (κ3) is 2.12. The number of benzene rings is 1. The summed E-state index contributed by atoms with van der Waals surface area (Å²) in [6.07, 6.45) is 0. The quantitative estimate of drug-likeness (QED) is 0.633. The lowest BCUT2D eigenvalue weighted by atomic mass is 10.0. The van der Waals surface area contributed by atoms with Crippen LogP contribution in [-0.2, 0) is 22.7 Å². The first kappa shape index (κ1) is 12.6. The summed E-state index contributed by atoms with van der Waals surface area (Å²) in [4.78, 5) is 23.6. The number of carbonyl (C=O) groups excluding carboxylic acids is 2. The van der Waals surface area contributed by atoms with E-state index in [1.807, 2.05) is 6.07 Å². The number of esters is 1. The van der Waals surface area contributed by atoms with Gasteiger partial charge in [-0.15, -0.1) is 0 Å². The van der Waals surface area contributed by atoms with E-state index in [0.717, 1.165) is 11.1 Å². The fourth-order valence-corrected chi connectivity index (χ4v) is 2.13. The standard InChI is InChI=1S/C15H12O5/c1-18-15(17)13-5-4-12(20-13)14(16)9-2-3-10-7-19-8-11(10)6-9/h2-6H,7-8H2,1H3. The first-order valence-electron chi connectivity index (χ1n) is 6.11. The summed E-state index contributed by atoms with van der Waals surface area (Å²) < 4.78 is 15.1. The molecule has 0 bridgehead atoms. The van der Waals surface area contributed by atoms with Crippen LogP contribution in [0.4, 0.5) is 0 Å². The van der Waals surface area contributed by atoms with Gasteiger partial charge in [-0.2, -0.15) is 0 Å². The molecule has 0 N–H and O–H groups in total. The second kappa shape index (κ2) is 4.94. The Hall–Kier alpha value is -2.40. The molecule has 0 aliphatic carbocycles. The van der Waals surface area contributed by atoms with Gasteiger partial charge in [0.15, 0.2) is 5.76 Å². The number of carbonyl (C=O) groups is 2. The molecule has 0 saturated heterocycles. The SMILES string of the molecule is COC(=O)c1ccc(C(=O)c2ccc3c(c2)COC3)o1. The largest absolute Gasteiger partial charge is 0.463 e. The minimum absolute atomic E-state index is 0.0142. The summed E-state index contributed by atoms with van der Waals surface area (Å²) >= 11 is 0. The number of ketones is 1. The van der Waals surface area contributed by atoms with Gasteiger partial charge in [0.1, 0.15) is 0 Å². The van der Waals surface area contributed by atoms with Crippen molar-refractivity contribution in [3.05, 3.63) is 58.5 Å². The van der Waals surface area contributed by atoms with Crippen LogP contribution in [0.25, 0.3) is 0 Å². The van der Waals surface area contributed by atoms with E-state index in [2.05, 4.69) is 4.74 Å². The van der Waals surface area contributed by atoms with Crippen molar-refractivity contribution >= 4 is 11.8 Å². The molecule has 0 radical (unpaired) electrons. The van der Waals surface area contributed by atoms with Crippen LogP contribution >= 0.6 is 0 Å². The third-order valence-corrected chi connectivity index (χ3v) is 3.20. The summed E-state index contributed by atoms with van der Waals surface area (Å²) in [7, 11) is 1.26. The van der Waals surface area contributed by atoms with Crippen molar-refractivity contribution in [1.29, 1.82) is 0 Å². The molecule has 3 rings (SSSR count). The van der Waals surface area contributed by atoms with Crippen molar-refractivity contribution in [1.82, 2.24) is 0 Å². The highest BCUT2D eigenvalue weighted by Gasteiger charge is 2.19. The Kier molecular flexibility index (Phi) is 3.12. The predicted octanol–water partition coefficient (Wildman–Crippen LogP) is 2.33. The molecular formula is C15H12O5. The number of rotatable bonds is 3. The topological polar surface area (TPSA) is 65.7 Å². The minimum atomic E-state index is -0.605. The number of ether oxygens (including phenoxy) is 2. The Bertz CT molecular complexity index is 683. The van der Waals surface area contributed by atoms with Gasteiger partial charge in [0.25, 0.3) is 0 Å². The minimum Gasteiger partial charge on any atom is -0.463 e. The zero-order chi connectivity index (χ0) is 14.1. The highest BCUT2D eigenvalue weighted by atomic mass is 16.5. The molecule has 5 nitrogen and oxygen atoms in total. The summed E-state index contributed by atoms with van der Waals surface area (Å²) in [5, 5.41) is 0. The molecule has 0 amide bonds. The van der Waals surface area contributed by atoms with E-state index in [1.165, 1.54) is 19.2 Å². The zero-order valence-electron chi connectivity index (χ0n) is 10.8. The maximum atomic E-state index is 12.3. The zero-order valence-corrected chi connectivity index (χ0v) is 10.8. The number of hydrogen-bond donors (Lipinski definition) is 0. The van der Waals surface area contributed by atoms with Crippen LogP contribution in [0.15, 0.2) is 34.7 Å². The van der Waals surface area contributed by atoms with Crippen LogP contribution in [0.3, 0.4) is 0 Å². The Balaban J connectivity index is 1.89. The van der Waals surface area contributed by atoms with Crippen molar-refractivity contribution < 1.29 is 23.5 Å². The normalized spacial score (nSPS) is 13.1. The number of methoxy groups -OCH3 is 1. The molecule has 102 valence electrons. The molecule has 0 spiro atoms. The lowest BCUT2D eigenvalue weighted by Crippen LogP contribution is -2.02. The van der Waals surface area contributed by atoms with Crippen LogP contribution < -0.4 is 0 Å². The molecule has 0 atom stereocenters. The van der Waals surface area contributed by atoms with Gasteiger partial charge < -0.3 is 13.9 Å². The molecular weight excluding hydrogens is 260 g/mol. The molecule has 2 aromatic rings.